The van der Waals surface area contributed by atoms with Crippen LogP contribution in [0, 0.1) is 0 Å². The van der Waals surface area contributed by atoms with Crippen LogP contribution in [0.15, 0.2) is 59.8 Å². The first kappa shape index (κ1) is 19.3. The number of ether oxygens (including phenoxy) is 2. The monoisotopic (exact) mass is 410 g/mol. The molecule has 2 aromatic carbocycles. The summed E-state index contributed by atoms with van der Waals surface area (Å²) < 4.78 is 13.6. The van der Waals surface area contributed by atoms with Gasteiger partial charge in [0.2, 0.25) is 5.91 Å². The summed E-state index contributed by atoms with van der Waals surface area (Å²) in [6.07, 6.45) is -0.344. The van der Waals surface area contributed by atoms with Crippen molar-refractivity contribution >= 4 is 17.7 Å². The van der Waals surface area contributed by atoms with Crippen molar-refractivity contribution in [3.05, 3.63) is 66.0 Å². The minimum absolute atomic E-state index is 0.0489. The number of rotatable bonds is 6. The molecule has 1 aliphatic heterocycles. The SMILES string of the molecule is C[C@@H](NC(=O)CSc1nnc([C@H]2COc3ccccc3O2)n1C)c1ccccc1. The summed E-state index contributed by atoms with van der Waals surface area (Å²) in [5, 5.41) is 12.1. The van der Waals surface area contributed by atoms with E-state index in [9.17, 15) is 4.79 Å². The highest BCUT2D eigenvalue weighted by molar-refractivity contribution is 7.99. The van der Waals surface area contributed by atoms with E-state index in [1.807, 2.05) is 73.1 Å². The molecule has 0 saturated carbocycles. The van der Waals surface area contributed by atoms with Crippen molar-refractivity contribution in [2.75, 3.05) is 12.4 Å². The Morgan fingerprint density at radius 2 is 1.90 bits per heavy atom. The lowest BCUT2D eigenvalue weighted by molar-refractivity contribution is -0.119. The number of hydrogen-bond acceptors (Lipinski definition) is 6. The van der Waals surface area contributed by atoms with Crippen LogP contribution in [0.1, 0.15) is 30.5 Å². The van der Waals surface area contributed by atoms with Gasteiger partial charge >= 0.3 is 0 Å². The van der Waals surface area contributed by atoms with Gasteiger partial charge in [-0.2, -0.15) is 0 Å². The number of amides is 1. The lowest BCUT2D eigenvalue weighted by Gasteiger charge is -2.25. The van der Waals surface area contributed by atoms with Crippen LogP contribution in [0.4, 0.5) is 0 Å². The van der Waals surface area contributed by atoms with Gasteiger partial charge < -0.3 is 19.4 Å². The molecule has 2 heterocycles. The second-order valence-corrected chi connectivity index (χ2v) is 7.70. The lowest BCUT2D eigenvalue weighted by atomic mass is 10.1. The zero-order valence-electron chi connectivity index (χ0n) is 16.2. The molecule has 7 nitrogen and oxygen atoms in total. The van der Waals surface area contributed by atoms with Crippen LogP contribution in [-0.2, 0) is 11.8 Å². The maximum absolute atomic E-state index is 12.3. The fourth-order valence-corrected chi connectivity index (χ4v) is 3.85. The quantitative estimate of drug-likeness (QED) is 0.629. The topological polar surface area (TPSA) is 78.3 Å². The predicted octanol–water partition coefficient (Wildman–Crippen LogP) is 3.30. The number of nitrogens with one attached hydrogen (secondary N) is 1. The number of hydrogen-bond donors (Lipinski definition) is 1. The lowest BCUT2D eigenvalue weighted by Crippen LogP contribution is -2.28. The van der Waals surface area contributed by atoms with Crippen molar-refractivity contribution < 1.29 is 14.3 Å². The van der Waals surface area contributed by atoms with Gasteiger partial charge in [-0.3, -0.25) is 4.79 Å². The van der Waals surface area contributed by atoms with Gasteiger partial charge in [0.15, 0.2) is 28.6 Å². The number of nitrogens with zero attached hydrogens (tertiary/aromatic N) is 3. The minimum Gasteiger partial charge on any atom is -0.485 e. The van der Waals surface area contributed by atoms with Gasteiger partial charge in [-0.1, -0.05) is 54.2 Å². The Balaban J connectivity index is 1.35. The molecular formula is C21H22N4O3S. The molecule has 150 valence electrons. The number of para-hydroxylation sites is 2. The number of benzene rings is 2. The third-order valence-corrected chi connectivity index (χ3v) is 5.69. The van der Waals surface area contributed by atoms with Crippen molar-refractivity contribution in [1.29, 1.82) is 0 Å². The molecule has 0 unspecified atom stereocenters. The fourth-order valence-electron chi connectivity index (χ4n) is 3.12. The molecule has 8 heteroatoms. The summed E-state index contributed by atoms with van der Waals surface area (Å²) in [6.45, 7) is 2.33. The molecule has 0 bridgehead atoms. The van der Waals surface area contributed by atoms with Crippen LogP contribution in [0.2, 0.25) is 0 Å². The number of carbonyl (C=O) groups is 1. The standard InChI is InChI=1S/C21H22N4O3S/c1-14(15-8-4-3-5-9-15)22-19(26)13-29-21-24-23-20(25(21)2)18-12-27-16-10-6-7-11-17(16)28-18/h3-11,14,18H,12-13H2,1-2H3,(H,22,26)/t14-,18-/m1/s1. The van der Waals surface area contributed by atoms with Gasteiger partial charge in [0.05, 0.1) is 11.8 Å². The third-order valence-electron chi connectivity index (χ3n) is 4.67. The number of fused-ring (bicyclic) bond motifs is 1. The average molecular weight is 410 g/mol. The zero-order valence-corrected chi connectivity index (χ0v) is 17.1. The molecule has 3 aromatic rings. The molecule has 1 amide bonds. The van der Waals surface area contributed by atoms with Crippen molar-refractivity contribution in [2.24, 2.45) is 7.05 Å². The van der Waals surface area contributed by atoms with Crippen molar-refractivity contribution in [3.63, 3.8) is 0 Å². The molecule has 4 rings (SSSR count). The van der Waals surface area contributed by atoms with Crippen LogP contribution < -0.4 is 14.8 Å². The van der Waals surface area contributed by atoms with Gasteiger partial charge in [-0.05, 0) is 24.6 Å². The molecule has 29 heavy (non-hydrogen) atoms. The van der Waals surface area contributed by atoms with E-state index in [4.69, 9.17) is 9.47 Å². The van der Waals surface area contributed by atoms with E-state index >= 15 is 0 Å². The first-order valence-corrected chi connectivity index (χ1v) is 10.3. The van der Waals surface area contributed by atoms with Gasteiger partial charge in [0.1, 0.15) is 6.61 Å². The van der Waals surface area contributed by atoms with E-state index in [2.05, 4.69) is 15.5 Å². The summed E-state index contributed by atoms with van der Waals surface area (Å²) in [5.74, 6) is 2.29. The average Bonchev–Trinajstić information content (AvgIpc) is 3.13. The Bertz CT molecular complexity index is 993. The van der Waals surface area contributed by atoms with Crippen molar-refractivity contribution in [2.45, 2.75) is 24.2 Å². The Kier molecular flexibility index (Phi) is 5.71. The molecule has 2 atom stereocenters. The Morgan fingerprint density at radius 1 is 1.17 bits per heavy atom. The van der Waals surface area contributed by atoms with E-state index in [0.29, 0.717) is 23.3 Å². The summed E-state index contributed by atoms with van der Waals surface area (Å²) in [6, 6.07) is 17.4. The second-order valence-electron chi connectivity index (χ2n) is 6.75. The molecule has 0 fully saturated rings. The molecule has 0 radical (unpaired) electrons. The van der Waals surface area contributed by atoms with Crippen LogP contribution >= 0.6 is 11.8 Å². The van der Waals surface area contributed by atoms with Crippen LogP contribution in [0.25, 0.3) is 0 Å². The summed E-state index contributed by atoms with van der Waals surface area (Å²) in [4.78, 5) is 12.3. The minimum atomic E-state index is -0.344. The molecule has 1 N–H and O–H groups in total. The second kappa shape index (κ2) is 8.57. The van der Waals surface area contributed by atoms with E-state index in [-0.39, 0.29) is 23.8 Å². The van der Waals surface area contributed by atoms with Crippen molar-refractivity contribution in [3.8, 4) is 11.5 Å². The van der Waals surface area contributed by atoms with E-state index in [1.165, 1.54) is 11.8 Å². The number of thioether (sulfide) groups is 1. The molecule has 0 aliphatic carbocycles. The van der Waals surface area contributed by atoms with Crippen LogP contribution in [-0.4, -0.2) is 33.0 Å². The Hall–Kier alpha value is -3.00. The van der Waals surface area contributed by atoms with E-state index in [1.54, 1.807) is 0 Å². The van der Waals surface area contributed by atoms with Gasteiger partial charge in [-0.15, -0.1) is 10.2 Å². The van der Waals surface area contributed by atoms with Gasteiger partial charge in [0, 0.05) is 7.05 Å². The Labute approximate surface area is 173 Å². The molecule has 0 saturated heterocycles. The smallest absolute Gasteiger partial charge is 0.230 e. The first-order chi connectivity index (χ1) is 14.1. The maximum atomic E-state index is 12.3. The summed E-state index contributed by atoms with van der Waals surface area (Å²) >= 11 is 1.34. The number of aromatic nitrogens is 3. The maximum Gasteiger partial charge on any atom is 0.230 e. The molecule has 1 aromatic heterocycles. The van der Waals surface area contributed by atoms with Crippen LogP contribution in [0.5, 0.6) is 11.5 Å². The highest BCUT2D eigenvalue weighted by Gasteiger charge is 2.27. The fraction of sp³-hybridized carbons (Fsp3) is 0.286. The Morgan fingerprint density at radius 3 is 2.69 bits per heavy atom. The predicted molar refractivity (Wildman–Crippen MR) is 110 cm³/mol. The third kappa shape index (κ3) is 4.37. The molecule has 0 spiro atoms. The van der Waals surface area contributed by atoms with Gasteiger partial charge in [-0.25, -0.2) is 0 Å². The zero-order chi connectivity index (χ0) is 20.2. The summed E-state index contributed by atoms with van der Waals surface area (Å²) in [7, 11) is 1.87. The van der Waals surface area contributed by atoms with Crippen molar-refractivity contribution in [1.82, 2.24) is 20.1 Å². The largest absolute Gasteiger partial charge is 0.485 e. The number of carbonyl (C=O) groups excluding carboxylic acids is 1. The molecule has 1 aliphatic rings. The van der Waals surface area contributed by atoms with Gasteiger partial charge in [0.25, 0.3) is 0 Å². The normalized spacial score (nSPS) is 16.3. The summed E-state index contributed by atoms with van der Waals surface area (Å²) in [5.41, 5.74) is 1.07. The first-order valence-electron chi connectivity index (χ1n) is 9.36. The highest BCUT2D eigenvalue weighted by Crippen LogP contribution is 2.35. The van der Waals surface area contributed by atoms with Crippen LogP contribution in [0.3, 0.4) is 0 Å². The highest BCUT2D eigenvalue weighted by atomic mass is 32.2. The van der Waals surface area contributed by atoms with E-state index in [0.717, 1.165) is 11.3 Å². The van der Waals surface area contributed by atoms with E-state index < -0.39 is 0 Å². The molecular weight excluding hydrogens is 388 g/mol.